The van der Waals surface area contributed by atoms with Crippen LogP contribution in [-0.2, 0) is 9.59 Å². The number of hydrogen-bond donors (Lipinski definition) is 2. The Bertz CT molecular complexity index is 2140. The van der Waals surface area contributed by atoms with Gasteiger partial charge in [0, 0.05) is 14.1 Å². The number of likely N-dealkylation sites (tertiary alicyclic amines) is 2. The molecule has 2 aliphatic rings. The largest absolute Gasteiger partial charge is 0.340 e. The van der Waals surface area contributed by atoms with Crippen molar-refractivity contribution in [3.05, 3.63) is 144 Å². The van der Waals surface area contributed by atoms with E-state index in [4.69, 9.17) is 9.97 Å². The van der Waals surface area contributed by atoms with Crippen LogP contribution in [0.5, 0.6) is 0 Å². The molecule has 10 heteroatoms. The standard InChI is InChI=1S/C50H58N8O2/c1-35(55(3)49(59)45(41-17-9-5-10-18-41)57-29-13-7-14-30-57)47-51-33-43(53-47)39-25-21-37(22-26-39)38-23-27-40(28-24-38)44-34-52-48(54-44)36(2)56(4)50(60)46(42-19-11-6-12-20-42)58-31-15-8-16-32-58/h5-6,9-12,17-28,33-36,45-46H,7-8,13-16,29-32H2,1-4H3,(H,51,53)(H,52,54)/t35-,36-,45+,46?/m0/s1. The van der Waals surface area contributed by atoms with Gasteiger partial charge in [0.25, 0.3) is 0 Å². The van der Waals surface area contributed by atoms with Crippen molar-refractivity contribution in [2.24, 2.45) is 0 Å². The minimum absolute atomic E-state index is 0.0892. The molecule has 4 atom stereocenters. The number of H-pyrrole nitrogens is 2. The van der Waals surface area contributed by atoms with Crippen LogP contribution in [0.25, 0.3) is 33.6 Å². The third kappa shape index (κ3) is 8.86. The number of nitrogens with one attached hydrogen (secondary N) is 2. The zero-order chi connectivity index (χ0) is 41.6. The molecule has 0 aliphatic carbocycles. The summed E-state index contributed by atoms with van der Waals surface area (Å²) >= 11 is 0. The SMILES string of the molecule is C[C@@H](c1ncc(-c2ccc(-c3ccc(-c4cnc([C@H](C)N(C)C(=O)[C@@H](c5ccccc5)N5CCCCC5)[nH]4)cc3)cc2)[nH]1)N(C)C(=O)C(c1ccccc1)N1CCCCC1. The van der Waals surface area contributed by atoms with Crippen LogP contribution in [0.15, 0.2) is 122 Å². The third-order valence-corrected chi connectivity index (χ3v) is 12.8. The Morgan fingerprint density at radius 3 is 1.18 bits per heavy atom. The van der Waals surface area contributed by atoms with Crippen molar-refractivity contribution >= 4 is 11.8 Å². The quantitative estimate of drug-likeness (QED) is 0.121. The van der Waals surface area contributed by atoms with Gasteiger partial charge in [-0.15, -0.1) is 0 Å². The van der Waals surface area contributed by atoms with Gasteiger partial charge in [0.2, 0.25) is 11.8 Å². The van der Waals surface area contributed by atoms with E-state index in [1.54, 1.807) is 0 Å². The molecule has 0 bridgehead atoms. The van der Waals surface area contributed by atoms with E-state index in [9.17, 15) is 9.59 Å². The Morgan fingerprint density at radius 1 is 0.500 bits per heavy atom. The van der Waals surface area contributed by atoms with Gasteiger partial charge < -0.3 is 19.8 Å². The van der Waals surface area contributed by atoms with Gasteiger partial charge in [-0.3, -0.25) is 19.4 Å². The van der Waals surface area contributed by atoms with E-state index >= 15 is 0 Å². The molecule has 2 aliphatic heterocycles. The number of imidazole rings is 2. The van der Waals surface area contributed by atoms with E-state index in [0.717, 1.165) is 108 Å². The van der Waals surface area contributed by atoms with Crippen molar-refractivity contribution in [3.63, 3.8) is 0 Å². The van der Waals surface area contributed by atoms with Gasteiger partial charge >= 0.3 is 0 Å². The highest BCUT2D eigenvalue weighted by molar-refractivity contribution is 5.84. The molecule has 1 unspecified atom stereocenters. The highest BCUT2D eigenvalue weighted by Crippen LogP contribution is 2.33. The Hall–Kier alpha value is -5.84. The molecular weight excluding hydrogens is 745 g/mol. The van der Waals surface area contributed by atoms with Gasteiger partial charge in [-0.1, -0.05) is 122 Å². The Labute approximate surface area is 354 Å². The smallest absolute Gasteiger partial charge is 0.244 e. The van der Waals surface area contributed by atoms with E-state index in [0.29, 0.717) is 0 Å². The summed E-state index contributed by atoms with van der Waals surface area (Å²) in [6, 6.07) is 36.2. The highest BCUT2D eigenvalue weighted by atomic mass is 16.2. The van der Waals surface area contributed by atoms with Crippen LogP contribution in [0.2, 0.25) is 0 Å². The topological polar surface area (TPSA) is 104 Å². The maximum atomic E-state index is 14.1. The summed E-state index contributed by atoms with van der Waals surface area (Å²) in [6.45, 7) is 7.80. The fourth-order valence-corrected chi connectivity index (χ4v) is 8.85. The number of carbonyl (C=O) groups is 2. The summed E-state index contributed by atoms with van der Waals surface area (Å²) in [6.07, 6.45) is 10.6. The van der Waals surface area contributed by atoms with Gasteiger partial charge in [0.1, 0.15) is 23.7 Å². The number of carbonyl (C=O) groups excluding carboxylic acids is 2. The number of hydrogen-bond acceptors (Lipinski definition) is 6. The van der Waals surface area contributed by atoms with Crippen LogP contribution >= 0.6 is 0 Å². The maximum Gasteiger partial charge on any atom is 0.244 e. The van der Waals surface area contributed by atoms with E-state index < -0.39 is 0 Å². The highest BCUT2D eigenvalue weighted by Gasteiger charge is 2.35. The molecular formula is C50H58N8O2. The number of likely N-dealkylation sites (N-methyl/N-ethyl adjacent to an activating group) is 2. The fourth-order valence-electron chi connectivity index (χ4n) is 8.85. The fraction of sp³-hybridized carbons (Fsp3) is 0.360. The molecule has 2 amide bonds. The average molecular weight is 803 g/mol. The lowest BCUT2D eigenvalue weighted by Gasteiger charge is -2.37. The van der Waals surface area contributed by atoms with Gasteiger partial charge in [-0.05, 0) is 99.1 Å². The van der Waals surface area contributed by atoms with Crippen molar-refractivity contribution in [2.75, 3.05) is 40.3 Å². The summed E-state index contributed by atoms with van der Waals surface area (Å²) in [4.78, 5) is 53.1. The van der Waals surface area contributed by atoms with Crippen LogP contribution in [0.1, 0.15) is 99.3 Å². The summed E-state index contributed by atoms with van der Waals surface area (Å²) in [7, 11) is 3.78. The summed E-state index contributed by atoms with van der Waals surface area (Å²) in [5, 5.41) is 0. The molecule has 8 rings (SSSR count). The Morgan fingerprint density at radius 2 is 0.833 bits per heavy atom. The van der Waals surface area contributed by atoms with Crippen molar-refractivity contribution in [3.8, 4) is 33.6 Å². The van der Waals surface area contributed by atoms with Crippen molar-refractivity contribution in [1.82, 2.24) is 39.5 Å². The van der Waals surface area contributed by atoms with E-state index in [1.165, 1.54) is 12.8 Å². The zero-order valence-corrected chi connectivity index (χ0v) is 35.4. The molecule has 2 aromatic heterocycles. The summed E-state index contributed by atoms with van der Waals surface area (Å²) < 4.78 is 0. The van der Waals surface area contributed by atoms with E-state index in [1.807, 2.05) is 86.5 Å². The predicted octanol–water partition coefficient (Wildman–Crippen LogP) is 9.63. The molecule has 2 fully saturated rings. The molecule has 2 N–H and O–H groups in total. The number of piperidine rings is 2. The second kappa shape index (κ2) is 18.6. The third-order valence-electron chi connectivity index (χ3n) is 12.8. The minimum Gasteiger partial charge on any atom is -0.340 e. The van der Waals surface area contributed by atoms with Gasteiger partial charge in [0.05, 0.1) is 35.9 Å². The molecule has 2 saturated heterocycles. The van der Waals surface area contributed by atoms with Crippen LogP contribution in [-0.4, -0.2) is 91.6 Å². The molecule has 310 valence electrons. The number of aromatic amines is 2. The lowest BCUT2D eigenvalue weighted by Crippen LogP contribution is -2.44. The van der Waals surface area contributed by atoms with Crippen molar-refractivity contribution in [1.29, 1.82) is 0 Å². The van der Waals surface area contributed by atoms with Gasteiger partial charge in [0.15, 0.2) is 0 Å². The lowest BCUT2D eigenvalue weighted by atomic mass is 10.00. The maximum absolute atomic E-state index is 14.1. The first-order valence-corrected chi connectivity index (χ1v) is 21.7. The molecule has 4 aromatic carbocycles. The van der Waals surface area contributed by atoms with Crippen LogP contribution < -0.4 is 0 Å². The molecule has 10 nitrogen and oxygen atoms in total. The second-order valence-corrected chi connectivity index (χ2v) is 16.6. The first-order chi connectivity index (χ1) is 29.3. The normalized spacial score (nSPS) is 17.1. The van der Waals surface area contributed by atoms with Gasteiger partial charge in [-0.2, -0.15) is 0 Å². The summed E-state index contributed by atoms with van der Waals surface area (Å²) in [5.74, 6) is 1.70. The van der Waals surface area contributed by atoms with Crippen molar-refractivity contribution < 1.29 is 9.59 Å². The first-order valence-electron chi connectivity index (χ1n) is 21.7. The number of rotatable bonds is 13. The van der Waals surface area contributed by atoms with Crippen LogP contribution in [0, 0.1) is 0 Å². The molecule has 0 radical (unpaired) electrons. The van der Waals surface area contributed by atoms with Crippen LogP contribution in [0.4, 0.5) is 0 Å². The zero-order valence-electron chi connectivity index (χ0n) is 35.4. The number of amides is 2. The van der Waals surface area contributed by atoms with E-state index in [-0.39, 0.29) is 36.0 Å². The summed E-state index contributed by atoms with van der Waals surface area (Å²) in [5.41, 5.74) is 8.17. The molecule has 6 aromatic rings. The number of aromatic nitrogens is 4. The Balaban J connectivity index is 0.908. The molecule has 4 heterocycles. The number of nitrogens with zero attached hydrogens (tertiary/aromatic N) is 6. The first kappa shape index (κ1) is 40.9. The lowest BCUT2D eigenvalue weighted by molar-refractivity contribution is -0.139. The molecule has 60 heavy (non-hydrogen) atoms. The van der Waals surface area contributed by atoms with E-state index in [2.05, 4.69) is 92.6 Å². The Kier molecular flexibility index (Phi) is 12.7. The number of benzene rings is 4. The monoisotopic (exact) mass is 802 g/mol. The molecule has 0 saturated carbocycles. The predicted molar refractivity (Wildman–Crippen MR) is 239 cm³/mol. The van der Waals surface area contributed by atoms with Gasteiger partial charge in [-0.25, -0.2) is 9.97 Å². The average Bonchev–Trinajstić information content (AvgIpc) is 4.02. The second-order valence-electron chi connectivity index (χ2n) is 16.6. The van der Waals surface area contributed by atoms with Crippen molar-refractivity contribution in [2.45, 2.75) is 76.5 Å². The minimum atomic E-state index is -0.303. The molecule has 0 spiro atoms. The van der Waals surface area contributed by atoms with Crippen LogP contribution in [0.3, 0.4) is 0 Å².